The van der Waals surface area contributed by atoms with E-state index in [2.05, 4.69) is 77.1 Å². The number of ether oxygens (including phenoxy) is 3. The predicted octanol–water partition coefficient (Wildman–Crippen LogP) is 7.38. The van der Waals surface area contributed by atoms with Gasteiger partial charge in [0.25, 0.3) is 0 Å². The van der Waals surface area contributed by atoms with E-state index in [-0.39, 0.29) is 23.5 Å². The summed E-state index contributed by atoms with van der Waals surface area (Å²) in [6.45, 7) is 12.4. The molecule has 5 nitrogen and oxygen atoms in total. The van der Waals surface area contributed by atoms with Crippen LogP contribution in [0.2, 0.25) is 0 Å². The Kier molecular flexibility index (Phi) is 6.23. The second kappa shape index (κ2) is 9.24. The lowest BCUT2D eigenvalue weighted by Crippen LogP contribution is -2.53. The van der Waals surface area contributed by atoms with Crippen LogP contribution in [0.15, 0.2) is 54.6 Å². The standard InChI is InChI=1S/C33H41NO4/c1-22-15-16-26(31(2,3)23-11-7-6-8-12-23)28(21-22)38-30(35)34-27-14-10-9-13-24(27)25-17-18-33(36-19-20-37-33)32(4,5)29(25)34/h6-14,22,26,28H,15-21H2,1-5H3/t22-,26-,28?/m1/s1. The average molecular weight is 516 g/mol. The van der Waals surface area contributed by atoms with Gasteiger partial charge in [0.2, 0.25) is 0 Å². The molecule has 0 amide bonds. The summed E-state index contributed by atoms with van der Waals surface area (Å²) in [5, 5.41) is 1.12. The van der Waals surface area contributed by atoms with Gasteiger partial charge >= 0.3 is 6.09 Å². The van der Waals surface area contributed by atoms with E-state index < -0.39 is 11.2 Å². The van der Waals surface area contributed by atoms with Gasteiger partial charge in [-0.05, 0) is 61.6 Å². The second-order valence-electron chi connectivity index (χ2n) is 12.8. The second-order valence-corrected chi connectivity index (χ2v) is 12.8. The Morgan fingerprint density at radius 2 is 1.68 bits per heavy atom. The Bertz CT molecular complexity index is 1330. The quantitative estimate of drug-likeness (QED) is 0.365. The van der Waals surface area contributed by atoms with Gasteiger partial charge in [-0.25, -0.2) is 9.36 Å². The van der Waals surface area contributed by atoms with Crippen LogP contribution in [-0.2, 0) is 31.5 Å². The molecule has 2 aliphatic carbocycles. The third-order valence-electron chi connectivity index (χ3n) is 9.92. The van der Waals surface area contributed by atoms with E-state index in [0.29, 0.717) is 19.1 Å². The van der Waals surface area contributed by atoms with Crippen molar-refractivity contribution >= 4 is 17.0 Å². The van der Waals surface area contributed by atoms with Crippen LogP contribution in [0.1, 0.15) is 77.1 Å². The summed E-state index contributed by atoms with van der Waals surface area (Å²) in [6, 6.07) is 18.9. The highest BCUT2D eigenvalue weighted by Crippen LogP contribution is 2.51. The van der Waals surface area contributed by atoms with E-state index in [1.165, 1.54) is 11.1 Å². The van der Waals surface area contributed by atoms with Gasteiger partial charge in [-0.3, -0.25) is 0 Å². The number of para-hydroxylation sites is 1. The number of rotatable bonds is 3. The van der Waals surface area contributed by atoms with Crippen molar-refractivity contribution in [2.75, 3.05) is 13.2 Å². The van der Waals surface area contributed by atoms with Crippen molar-refractivity contribution in [3.63, 3.8) is 0 Å². The smallest absolute Gasteiger partial charge is 0.419 e. The zero-order chi connectivity index (χ0) is 26.7. The molecule has 1 aromatic heterocycles. The minimum absolute atomic E-state index is 0.112. The molecule has 3 aliphatic rings. The number of aromatic nitrogens is 1. The normalized spacial score (nSPS) is 26.4. The first-order valence-corrected chi connectivity index (χ1v) is 14.3. The minimum Gasteiger partial charge on any atom is -0.445 e. The van der Waals surface area contributed by atoms with Gasteiger partial charge in [0.15, 0.2) is 5.79 Å². The number of nitrogens with zero attached hydrogens (tertiary/aromatic N) is 1. The van der Waals surface area contributed by atoms with Crippen LogP contribution in [0.3, 0.4) is 0 Å². The van der Waals surface area contributed by atoms with Crippen molar-refractivity contribution in [1.29, 1.82) is 0 Å². The van der Waals surface area contributed by atoms with Gasteiger partial charge in [-0.2, -0.15) is 0 Å². The minimum atomic E-state index is -0.719. The summed E-state index contributed by atoms with van der Waals surface area (Å²) in [7, 11) is 0. The Morgan fingerprint density at radius 1 is 1.00 bits per heavy atom. The lowest BCUT2D eigenvalue weighted by molar-refractivity contribution is -0.210. The third kappa shape index (κ3) is 3.84. The van der Waals surface area contributed by atoms with E-state index >= 15 is 0 Å². The number of fused-ring (bicyclic) bond motifs is 3. The lowest BCUT2D eigenvalue weighted by atomic mass is 9.64. The molecule has 2 fully saturated rings. The van der Waals surface area contributed by atoms with E-state index in [1.807, 2.05) is 16.7 Å². The van der Waals surface area contributed by atoms with Crippen molar-refractivity contribution in [3.8, 4) is 0 Å². The molecule has 1 spiro atoms. The monoisotopic (exact) mass is 515 g/mol. The van der Waals surface area contributed by atoms with Gasteiger partial charge < -0.3 is 14.2 Å². The molecular formula is C33H41NO4. The SMILES string of the molecule is C[C@@H]1CC[C@@H](C(C)(C)c2ccccc2)C(OC(=O)n2c3c(c4ccccc42)CCC2(OCCO2)C3(C)C)C1. The van der Waals surface area contributed by atoms with Gasteiger partial charge in [0, 0.05) is 23.4 Å². The summed E-state index contributed by atoms with van der Waals surface area (Å²) >= 11 is 0. The zero-order valence-electron chi connectivity index (χ0n) is 23.5. The van der Waals surface area contributed by atoms with Crippen molar-refractivity contribution in [2.24, 2.45) is 11.8 Å². The topological polar surface area (TPSA) is 49.7 Å². The first-order valence-electron chi connectivity index (χ1n) is 14.3. The average Bonchev–Trinajstić information content (AvgIpc) is 3.52. The summed E-state index contributed by atoms with van der Waals surface area (Å²) in [6.07, 6.45) is 4.24. The predicted molar refractivity (Wildman–Crippen MR) is 150 cm³/mol. The Balaban J connectivity index is 1.41. The highest BCUT2D eigenvalue weighted by atomic mass is 16.7. The number of carbonyl (C=O) groups excluding carboxylic acids is 1. The molecule has 3 aromatic rings. The van der Waals surface area contributed by atoms with Crippen molar-refractivity contribution in [3.05, 3.63) is 71.4 Å². The molecule has 5 heteroatoms. The molecule has 2 aromatic carbocycles. The maximum atomic E-state index is 14.3. The third-order valence-corrected chi connectivity index (χ3v) is 9.92. The Hall–Kier alpha value is -2.63. The van der Waals surface area contributed by atoms with E-state index in [1.54, 1.807) is 0 Å². The van der Waals surface area contributed by atoms with E-state index in [0.717, 1.165) is 48.7 Å². The van der Waals surface area contributed by atoms with Crippen LogP contribution in [-0.4, -0.2) is 35.8 Å². The molecule has 0 radical (unpaired) electrons. The van der Waals surface area contributed by atoms with Crippen molar-refractivity contribution in [2.45, 2.75) is 89.4 Å². The molecule has 38 heavy (non-hydrogen) atoms. The lowest BCUT2D eigenvalue weighted by Gasteiger charge is -2.46. The first-order chi connectivity index (χ1) is 18.2. The van der Waals surface area contributed by atoms with Crippen molar-refractivity contribution in [1.82, 2.24) is 4.57 Å². The Morgan fingerprint density at radius 3 is 2.42 bits per heavy atom. The highest BCUT2D eigenvalue weighted by Gasteiger charge is 2.56. The number of hydrogen-bond donors (Lipinski definition) is 0. The summed E-state index contributed by atoms with van der Waals surface area (Å²) < 4.78 is 21.0. The fourth-order valence-corrected chi connectivity index (χ4v) is 7.70. The highest BCUT2D eigenvalue weighted by molar-refractivity contribution is 5.94. The van der Waals surface area contributed by atoms with Gasteiger partial charge in [0.05, 0.1) is 24.1 Å². The number of aryl methyl sites for hydroxylation is 1. The number of hydrogen-bond acceptors (Lipinski definition) is 4. The van der Waals surface area contributed by atoms with Crippen LogP contribution in [0, 0.1) is 11.8 Å². The van der Waals surface area contributed by atoms with Crippen molar-refractivity contribution < 1.29 is 19.0 Å². The Labute approximate surface area is 226 Å². The summed E-state index contributed by atoms with van der Waals surface area (Å²) in [4.78, 5) is 14.3. The van der Waals surface area contributed by atoms with Gasteiger partial charge in [-0.15, -0.1) is 0 Å². The zero-order valence-corrected chi connectivity index (χ0v) is 23.5. The molecule has 0 N–H and O–H groups in total. The molecule has 1 aliphatic heterocycles. The molecule has 202 valence electrons. The molecule has 2 heterocycles. The maximum absolute atomic E-state index is 14.3. The molecule has 1 saturated carbocycles. The number of carbonyl (C=O) groups is 1. The number of benzene rings is 2. The summed E-state index contributed by atoms with van der Waals surface area (Å²) in [5.41, 5.74) is 3.76. The van der Waals surface area contributed by atoms with E-state index in [4.69, 9.17) is 14.2 Å². The van der Waals surface area contributed by atoms with Gasteiger partial charge in [-0.1, -0.05) is 75.7 Å². The maximum Gasteiger partial charge on any atom is 0.419 e. The first kappa shape index (κ1) is 25.6. The fourth-order valence-electron chi connectivity index (χ4n) is 7.70. The molecule has 0 bridgehead atoms. The summed E-state index contributed by atoms with van der Waals surface area (Å²) in [5.74, 6) is 0.0401. The molecule has 1 saturated heterocycles. The van der Waals surface area contributed by atoms with Crippen LogP contribution in [0.5, 0.6) is 0 Å². The molecule has 6 rings (SSSR count). The molecule has 3 atom stereocenters. The van der Waals surface area contributed by atoms with Crippen LogP contribution in [0.25, 0.3) is 10.9 Å². The largest absolute Gasteiger partial charge is 0.445 e. The van der Waals surface area contributed by atoms with Crippen LogP contribution in [0.4, 0.5) is 4.79 Å². The molecule has 1 unspecified atom stereocenters. The van der Waals surface area contributed by atoms with Crippen LogP contribution < -0.4 is 0 Å². The fraction of sp³-hybridized carbons (Fsp3) is 0.545. The van der Waals surface area contributed by atoms with Crippen LogP contribution >= 0.6 is 0 Å². The van der Waals surface area contributed by atoms with E-state index in [9.17, 15) is 4.79 Å². The molecular weight excluding hydrogens is 474 g/mol. The van der Waals surface area contributed by atoms with Gasteiger partial charge in [0.1, 0.15) is 6.10 Å².